The molecule has 2 heteroatoms. The van der Waals surface area contributed by atoms with Crippen LogP contribution in [-0.2, 0) is 0 Å². The second-order valence-electron chi connectivity index (χ2n) is 14.4. The lowest BCUT2D eigenvalue weighted by Crippen LogP contribution is -2.09. The van der Waals surface area contributed by atoms with E-state index in [1.807, 2.05) is 11.3 Å². The molecule has 0 fully saturated rings. The van der Waals surface area contributed by atoms with E-state index in [0.29, 0.717) is 0 Å². The van der Waals surface area contributed by atoms with Crippen molar-refractivity contribution in [3.8, 4) is 33.4 Å². The van der Waals surface area contributed by atoms with Crippen LogP contribution < -0.4 is 4.90 Å². The van der Waals surface area contributed by atoms with E-state index in [9.17, 15) is 0 Å². The summed E-state index contributed by atoms with van der Waals surface area (Å²) in [6.07, 6.45) is 0. The van der Waals surface area contributed by atoms with Crippen molar-refractivity contribution in [2.24, 2.45) is 0 Å². The number of thiophene rings is 1. The van der Waals surface area contributed by atoms with Crippen LogP contribution in [-0.4, -0.2) is 0 Å². The lowest BCUT2D eigenvalue weighted by molar-refractivity contribution is 1.28. The van der Waals surface area contributed by atoms with Gasteiger partial charge < -0.3 is 4.90 Å². The summed E-state index contributed by atoms with van der Waals surface area (Å²) in [6.45, 7) is 0. The van der Waals surface area contributed by atoms with Gasteiger partial charge in [-0.25, -0.2) is 0 Å². The summed E-state index contributed by atoms with van der Waals surface area (Å²) >= 11 is 1.90. The number of fused-ring (bicyclic) bond motifs is 8. The quantitative estimate of drug-likeness (QED) is 0.154. The highest BCUT2D eigenvalue weighted by molar-refractivity contribution is 7.26. The van der Waals surface area contributed by atoms with Crippen LogP contribution in [0.5, 0.6) is 0 Å². The number of anilines is 3. The minimum absolute atomic E-state index is 1.12. The standard InChI is InChI=1S/C54H35NS/c1-3-16-40(17-4-1)55(41-18-5-2-6-19-41)42-33-31-37(32-34-42)51-46-23-11-12-24-47(46)54-53(48-25-13-14-26-50(48)56-54)52(51)38-29-27-36(28-30-38)49-35-39-15-7-8-20-43(39)44-21-9-10-22-45(44)49/h1-35H. The van der Waals surface area contributed by atoms with Gasteiger partial charge in [-0.3, -0.25) is 0 Å². The zero-order valence-electron chi connectivity index (χ0n) is 30.6. The molecular formula is C54H35NS. The molecule has 0 spiro atoms. The molecule has 0 N–H and O–H groups in total. The molecule has 10 aromatic carbocycles. The fraction of sp³-hybridized carbons (Fsp3) is 0. The third-order valence-electron chi connectivity index (χ3n) is 11.2. The van der Waals surface area contributed by atoms with Gasteiger partial charge in [0.1, 0.15) is 0 Å². The molecule has 11 rings (SSSR count). The lowest BCUT2D eigenvalue weighted by Gasteiger charge is -2.26. The molecule has 0 bridgehead atoms. The average Bonchev–Trinajstić information content (AvgIpc) is 3.67. The Balaban J connectivity index is 1.14. The number of rotatable bonds is 6. The van der Waals surface area contributed by atoms with Gasteiger partial charge in [-0.15, -0.1) is 11.3 Å². The van der Waals surface area contributed by atoms with Crippen molar-refractivity contribution in [3.05, 3.63) is 212 Å². The van der Waals surface area contributed by atoms with Gasteiger partial charge in [0.25, 0.3) is 0 Å². The SMILES string of the molecule is c1ccc(N(c2ccccc2)c2ccc(-c3c(-c4ccc(-c5cc6ccccc6c6ccccc56)cc4)c4c5ccccc5sc4c4ccccc34)cc2)cc1. The highest BCUT2D eigenvalue weighted by atomic mass is 32.1. The largest absolute Gasteiger partial charge is 0.311 e. The molecule has 1 aromatic heterocycles. The van der Waals surface area contributed by atoms with Gasteiger partial charge in [-0.2, -0.15) is 0 Å². The Labute approximate surface area is 330 Å². The Bertz CT molecular complexity index is 3180. The topological polar surface area (TPSA) is 3.24 Å². The molecule has 0 radical (unpaired) electrons. The lowest BCUT2D eigenvalue weighted by atomic mass is 9.85. The van der Waals surface area contributed by atoms with Gasteiger partial charge in [0, 0.05) is 42.6 Å². The predicted octanol–water partition coefficient (Wildman–Crippen LogP) is 16.0. The van der Waals surface area contributed by atoms with E-state index in [2.05, 4.69) is 217 Å². The van der Waals surface area contributed by atoms with Crippen molar-refractivity contribution in [2.45, 2.75) is 0 Å². The van der Waals surface area contributed by atoms with Gasteiger partial charge in [0.15, 0.2) is 0 Å². The Morgan fingerprint density at radius 2 is 0.804 bits per heavy atom. The summed E-state index contributed by atoms with van der Waals surface area (Å²) < 4.78 is 2.64. The third-order valence-corrected chi connectivity index (χ3v) is 12.4. The molecular weight excluding hydrogens is 695 g/mol. The van der Waals surface area contributed by atoms with Crippen molar-refractivity contribution < 1.29 is 0 Å². The van der Waals surface area contributed by atoms with E-state index in [1.54, 1.807) is 0 Å². The molecule has 0 aliphatic rings. The van der Waals surface area contributed by atoms with E-state index >= 15 is 0 Å². The second-order valence-corrected chi connectivity index (χ2v) is 15.5. The van der Waals surface area contributed by atoms with Gasteiger partial charge >= 0.3 is 0 Å². The van der Waals surface area contributed by atoms with Gasteiger partial charge in [0.05, 0.1) is 0 Å². The molecule has 56 heavy (non-hydrogen) atoms. The molecule has 0 aliphatic heterocycles. The van der Waals surface area contributed by atoms with Crippen molar-refractivity contribution in [3.63, 3.8) is 0 Å². The number of hydrogen-bond acceptors (Lipinski definition) is 2. The first kappa shape index (κ1) is 32.4. The van der Waals surface area contributed by atoms with Crippen LogP contribution in [0.3, 0.4) is 0 Å². The van der Waals surface area contributed by atoms with Crippen LogP contribution in [0.1, 0.15) is 0 Å². The zero-order valence-corrected chi connectivity index (χ0v) is 31.4. The van der Waals surface area contributed by atoms with E-state index in [4.69, 9.17) is 0 Å². The van der Waals surface area contributed by atoms with Crippen molar-refractivity contribution >= 4 is 80.9 Å². The molecule has 0 amide bonds. The molecule has 262 valence electrons. The fourth-order valence-electron chi connectivity index (χ4n) is 8.72. The summed E-state index contributed by atoms with van der Waals surface area (Å²) in [5.41, 5.74) is 10.8. The highest BCUT2D eigenvalue weighted by Gasteiger charge is 2.22. The smallest absolute Gasteiger partial charge is 0.0462 e. The minimum atomic E-state index is 1.12. The molecule has 1 nitrogen and oxygen atoms in total. The van der Waals surface area contributed by atoms with E-state index < -0.39 is 0 Å². The van der Waals surface area contributed by atoms with Crippen LogP contribution in [0, 0.1) is 0 Å². The van der Waals surface area contributed by atoms with Crippen LogP contribution in [0.25, 0.3) is 85.9 Å². The summed E-state index contributed by atoms with van der Waals surface area (Å²) in [6, 6.07) is 77.5. The average molecular weight is 730 g/mol. The van der Waals surface area contributed by atoms with Crippen molar-refractivity contribution in [1.29, 1.82) is 0 Å². The maximum atomic E-state index is 2.36. The van der Waals surface area contributed by atoms with Gasteiger partial charge in [-0.1, -0.05) is 164 Å². The summed E-state index contributed by atoms with van der Waals surface area (Å²) in [5.74, 6) is 0. The normalized spacial score (nSPS) is 11.6. The summed E-state index contributed by atoms with van der Waals surface area (Å²) in [4.78, 5) is 2.33. The zero-order chi connectivity index (χ0) is 37.0. The predicted molar refractivity (Wildman–Crippen MR) is 243 cm³/mol. The minimum Gasteiger partial charge on any atom is -0.311 e. The number of para-hydroxylation sites is 2. The molecule has 1 heterocycles. The van der Waals surface area contributed by atoms with Crippen molar-refractivity contribution in [2.75, 3.05) is 4.90 Å². The van der Waals surface area contributed by atoms with Crippen LogP contribution in [0.2, 0.25) is 0 Å². The van der Waals surface area contributed by atoms with Crippen LogP contribution in [0.15, 0.2) is 212 Å². The number of hydrogen-bond donors (Lipinski definition) is 0. The molecule has 11 aromatic rings. The third kappa shape index (κ3) is 5.30. The number of nitrogens with zero attached hydrogens (tertiary/aromatic N) is 1. The van der Waals surface area contributed by atoms with Crippen LogP contribution in [0.4, 0.5) is 17.1 Å². The maximum Gasteiger partial charge on any atom is 0.0462 e. The van der Waals surface area contributed by atoms with Gasteiger partial charge in [0.2, 0.25) is 0 Å². The number of benzene rings is 10. The first-order valence-electron chi connectivity index (χ1n) is 19.2. The molecule has 0 aliphatic carbocycles. The monoisotopic (exact) mass is 729 g/mol. The first-order valence-corrected chi connectivity index (χ1v) is 20.0. The van der Waals surface area contributed by atoms with Crippen LogP contribution >= 0.6 is 11.3 Å². The molecule has 0 saturated carbocycles. The summed E-state index contributed by atoms with van der Waals surface area (Å²) in [7, 11) is 0. The highest BCUT2D eigenvalue weighted by Crippen LogP contribution is 2.50. The van der Waals surface area contributed by atoms with E-state index in [1.165, 1.54) is 85.9 Å². The van der Waals surface area contributed by atoms with Gasteiger partial charge in [-0.05, 0) is 109 Å². The Morgan fingerprint density at radius 1 is 0.321 bits per heavy atom. The Hall–Kier alpha value is -7.00. The molecule has 0 saturated heterocycles. The second kappa shape index (κ2) is 13.4. The Kier molecular flexibility index (Phi) is 7.75. The Morgan fingerprint density at radius 3 is 1.50 bits per heavy atom. The maximum absolute atomic E-state index is 2.36. The summed E-state index contributed by atoms with van der Waals surface area (Å²) in [5, 5.41) is 10.3. The first-order chi connectivity index (χ1) is 27.8. The van der Waals surface area contributed by atoms with E-state index in [0.717, 1.165) is 17.1 Å². The molecule has 0 atom stereocenters. The fourth-order valence-corrected chi connectivity index (χ4v) is 9.97. The van der Waals surface area contributed by atoms with Crippen molar-refractivity contribution in [1.82, 2.24) is 0 Å². The molecule has 0 unspecified atom stereocenters. The van der Waals surface area contributed by atoms with E-state index in [-0.39, 0.29) is 0 Å².